The predicted octanol–water partition coefficient (Wildman–Crippen LogP) is 7.99. The van der Waals surface area contributed by atoms with Gasteiger partial charge in [0.25, 0.3) is 5.91 Å². The van der Waals surface area contributed by atoms with Crippen LogP contribution in [0.3, 0.4) is 0 Å². The van der Waals surface area contributed by atoms with Crippen molar-refractivity contribution in [3.05, 3.63) is 106 Å². The summed E-state index contributed by atoms with van der Waals surface area (Å²) < 4.78 is 1.18. The molecule has 5 heteroatoms. The van der Waals surface area contributed by atoms with E-state index in [-0.39, 0.29) is 5.91 Å². The molecule has 0 fully saturated rings. The fraction of sp³-hybridized carbons (Fsp3) is 0.200. The number of aromatic nitrogens is 1. The SMILES string of the molecule is CC1CCc2c(sc(NC(=O)c3ccc(Cc4ccccc4)cc3)c2-c2nc3ccccc3s2)C1. The van der Waals surface area contributed by atoms with Gasteiger partial charge in [0.05, 0.1) is 10.2 Å². The van der Waals surface area contributed by atoms with Gasteiger partial charge < -0.3 is 5.32 Å². The zero-order chi connectivity index (χ0) is 23.8. The lowest BCUT2D eigenvalue weighted by Crippen LogP contribution is -2.12. The number of carbonyl (C=O) groups is 1. The molecule has 0 bridgehead atoms. The van der Waals surface area contributed by atoms with Gasteiger partial charge in [0, 0.05) is 16.0 Å². The summed E-state index contributed by atoms with van der Waals surface area (Å²) in [6.45, 7) is 2.31. The minimum atomic E-state index is -0.0646. The van der Waals surface area contributed by atoms with Gasteiger partial charge in [-0.05, 0) is 72.6 Å². The molecule has 3 nitrogen and oxygen atoms in total. The molecule has 0 aliphatic heterocycles. The third-order valence-corrected chi connectivity index (χ3v) is 8.94. The Morgan fingerprint density at radius 2 is 1.69 bits per heavy atom. The molecule has 0 saturated heterocycles. The Kier molecular flexibility index (Phi) is 5.96. The number of para-hydroxylation sites is 1. The standard InChI is InChI=1S/C30H26N2OS2/c1-19-11-16-23-26(17-19)35-30(27(23)29-31-24-9-5-6-10-25(24)34-29)32-28(33)22-14-12-21(13-15-22)18-20-7-3-2-4-8-20/h2-10,12-15,19H,11,16-18H2,1H3,(H,32,33). The third-order valence-electron chi connectivity index (χ3n) is 6.71. The molecular weight excluding hydrogens is 468 g/mol. The van der Waals surface area contributed by atoms with Gasteiger partial charge in [-0.15, -0.1) is 22.7 Å². The normalized spacial score (nSPS) is 15.2. The summed E-state index contributed by atoms with van der Waals surface area (Å²) in [6, 6.07) is 26.6. The number of rotatable bonds is 5. The van der Waals surface area contributed by atoms with Crippen molar-refractivity contribution >= 4 is 43.8 Å². The van der Waals surface area contributed by atoms with E-state index >= 15 is 0 Å². The van der Waals surface area contributed by atoms with E-state index in [4.69, 9.17) is 4.98 Å². The molecule has 0 spiro atoms. The Balaban J connectivity index is 1.30. The van der Waals surface area contributed by atoms with Crippen LogP contribution in [0.4, 0.5) is 5.00 Å². The predicted molar refractivity (Wildman–Crippen MR) is 148 cm³/mol. The van der Waals surface area contributed by atoms with Crippen LogP contribution in [-0.2, 0) is 19.3 Å². The van der Waals surface area contributed by atoms with Crippen molar-refractivity contribution in [1.29, 1.82) is 0 Å². The number of nitrogens with one attached hydrogen (secondary N) is 1. The van der Waals surface area contributed by atoms with Crippen LogP contribution < -0.4 is 5.32 Å². The average molecular weight is 495 g/mol. The van der Waals surface area contributed by atoms with Gasteiger partial charge in [0.1, 0.15) is 10.0 Å². The molecule has 6 rings (SSSR count). The lowest BCUT2D eigenvalue weighted by atomic mass is 9.88. The number of carbonyl (C=O) groups excluding carboxylic acids is 1. The summed E-state index contributed by atoms with van der Waals surface area (Å²) in [5.41, 5.74) is 6.67. The molecule has 0 radical (unpaired) electrons. The van der Waals surface area contributed by atoms with Crippen LogP contribution in [-0.4, -0.2) is 10.9 Å². The topological polar surface area (TPSA) is 42.0 Å². The monoisotopic (exact) mass is 494 g/mol. The highest BCUT2D eigenvalue weighted by atomic mass is 32.1. The number of thiazole rings is 1. The molecule has 1 N–H and O–H groups in total. The van der Waals surface area contributed by atoms with Gasteiger partial charge in [0.2, 0.25) is 0 Å². The van der Waals surface area contributed by atoms with Gasteiger partial charge in [-0.1, -0.05) is 61.5 Å². The number of thiophene rings is 1. The Morgan fingerprint density at radius 3 is 2.49 bits per heavy atom. The highest BCUT2D eigenvalue weighted by Gasteiger charge is 2.27. The van der Waals surface area contributed by atoms with Gasteiger partial charge in [-0.2, -0.15) is 0 Å². The van der Waals surface area contributed by atoms with Crippen molar-refractivity contribution in [1.82, 2.24) is 4.98 Å². The molecule has 2 heterocycles. The van der Waals surface area contributed by atoms with Crippen LogP contribution in [0.15, 0.2) is 78.9 Å². The molecule has 3 aromatic carbocycles. The summed E-state index contributed by atoms with van der Waals surface area (Å²) in [4.78, 5) is 19.6. The maximum Gasteiger partial charge on any atom is 0.256 e. The van der Waals surface area contributed by atoms with E-state index in [1.54, 1.807) is 22.7 Å². The molecule has 174 valence electrons. The second-order valence-electron chi connectivity index (χ2n) is 9.36. The van der Waals surface area contributed by atoms with Crippen LogP contribution in [0.1, 0.15) is 45.3 Å². The molecule has 1 atom stereocenters. The van der Waals surface area contributed by atoms with E-state index in [9.17, 15) is 4.79 Å². The number of hydrogen-bond donors (Lipinski definition) is 1. The Morgan fingerprint density at radius 1 is 0.943 bits per heavy atom. The van der Waals surface area contributed by atoms with E-state index in [2.05, 4.69) is 66.8 Å². The first-order valence-electron chi connectivity index (χ1n) is 12.1. The first-order valence-corrected chi connectivity index (χ1v) is 13.7. The fourth-order valence-electron chi connectivity index (χ4n) is 4.83. The van der Waals surface area contributed by atoms with Crippen LogP contribution in [0.5, 0.6) is 0 Å². The average Bonchev–Trinajstić information content (AvgIpc) is 3.45. The minimum Gasteiger partial charge on any atom is -0.313 e. The molecule has 5 aromatic rings. The van der Waals surface area contributed by atoms with Crippen molar-refractivity contribution in [2.24, 2.45) is 5.92 Å². The van der Waals surface area contributed by atoms with Gasteiger partial charge in [0.15, 0.2) is 0 Å². The number of anilines is 1. The Hall–Kier alpha value is -3.28. The summed E-state index contributed by atoms with van der Waals surface area (Å²) in [5.74, 6) is 0.607. The highest BCUT2D eigenvalue weighted by molar-refractivity contribution is 7.23. The van der Waals surface area contributed by atoms with Crippen molar-refractivity contribution in [3.63, 3.8) is 0 Å². The molecule has 1 amide bonds. The van der Waals surface area contributed by atoms with E-state index in [1.807, 2.05) is 24.3 Å². The quantitative estimate of drug-likeness (QED) is 0.269. The molecule has 1 aliphatic carbocycles. The van der Waals surface area contributed by atoms with E-state index in [0.29, 0.717) is 11.5 Å². The summed E-state index contributed by atoms with van der Waals surface area (Å²) in [6.07, 6.45) is 4.16. The van der Waals surface area contributed by atoms with Crippen LogP contribution in [0.2, 0.25) is 0 Å². The fourth-order valence-corrected chi connectivity index (χ4v) is 7.34. The first kappa shape index (κ1) is 22.2. The maximum absolute atomic E-state index is 13.3. The Labute approximate surface area is 213 Å². The summed E-state index contributed by atoms with van der Waals surface area (Å²) >= 11 is 3.45. The first-order chi connectivity index (χ1) is 17.1. The number of amides is 1. The van der Waals surface area contributed by atoms with Gasteiger partial charge in [-0.25, -0.2) is 4.98 Å². The van der Waals surface area contributed by atoms with Crippen LogP contribution >= 0.6 is 22.7 Å². The zero-order valence-electron chi connectivity index (χ0n) is 19.6. The van der Waals surface area contributed by atoms with Crippen LogP contribution in [0.25, 0.3) is 20.8 Å². The van der Waals surface area contributed by atoms with E-state index < -0.39 is 0 Å². The summed E-state index contributed by atoms with van der Waals surface area (Å²) in [5, 5.41) is 5.20. The zero-order valence-corrected chi connectivity index (χ0v) is 21.2. The third kappa shape index (κ3) is 4.54. The summed E-state index contributed by atoms with van der Waals surface area (Å²) in [7, 11) is 0. The van der Waals surface area contributed by atoms with Gasteiger partial charge >= 0.3 is 0 Å². The smallest absolute Gasteiger partial charge is 0.256 e. The number of benzene rings is 3. The lowest BCUT2D eigenvalue weighted by molar-refractivity contribution is 0.102. The van der Waals surface area contributed by atoms with Crippen molar-refractivity contribution in [2.75, 3.05) is 5.32 Å². The minimum absolute atomic E-state index is 0.0646. The largest absolute Gasteiger partial charge is 0.313 e. The Bertz CT molecular complexity index is 1470. The second kappa shape index (κ2) is 9.40. The molecule has 35 heavy (non-hydrogen) atoms. The molecule has 0 saturated carbocycles. The van der Waals surface area contributed by atoms with Crippen LogP contribution in [0, 0.1) is 5.92 Å². The molecular formula is C30H26N2OS2. The highest BCUT2D eigenvalue weighted by Crippen LogP contribution is 2.47. The van der Waals surface area contributed by atoms with E-state index in [1.165, 1.54) is 32.7 Å². The van der Waals surface area contributed by atoms with E-state index in [0.717, 1.165) is 40.4 Å². The molecule has 2 aromatic heterocycles. The number of hydrogen-bond acceptors (Lipinski definition) is 4. The number of fused-ring (bicyclic) bond motifs is 2. The number of nitrogens with zero attached hydrogens (tertiary/aromatic N) is 1. The van der Waals surface area contributed by atoms with Crippen molar-refractivity contribution in [3.8, 4) is 10.6 Å². The maximum atomic E-state index is 13.3. The molecule has 1 unspecified atom stereocenters. The molecule has 1 aliphatic rings. The van der Waals surface area contributed by atoms with Crippen molar-refractivity contribution in [2.45, 2.75) is 32.6 Å². The lowest BCUT2D eigenvalue weighted by Gasteiger charge is -2.18. The van der Waals surface area contributed by atoms with Crippen molar-refractivity contribution < 1.29 is 4.79 Å². The second-order valence-corrected chi connectivity index (χ2v) is 11.5. The van der Waals surface area contributed by atoms with Gasteiger partial charge in [-0.3, -0.25) is 4.79 Å².